The number of carbonyl (C=O) groups excluding carboxylic acids is 6. The zero-order chi connectivity index (χ0) is 39.4. The zero-order valence-electron chi connectivity index (χ0n) is 28.9. The Balaban J connectivity index is 0.000000285. The van der Waals surface area contributed by atoms with Gasteiger partial charge in [-0.15, -0.1) is 0 Å². The maximum absolute atomic E-state index is 11.1. The van der Waals surface area contributed by atoms with Gasteiger partial charge in [0.15, 0.2) is 0 Å². The number of hydrogen-bond acceptors (Lipinski definition) is 12. The number of hydrogen-bond donors (Lipinski definition) is 0. The minimum absolute atomic E-state index is 0. The Morgan fingerprint density at radius 2 is 0.482 bits per heavy atom. The van der Waals surface area contributed by atoms with Crippen LogP contribution in [0.2, 0.25) is 0 Å². The van der Waals surface area contributed by atoms with Crippen molar-refractivity contribution in [2.24, 2.45) is 0 Å². The molecule has 0 saturated heterocycles. The average Bonchev–Trinajstić information content (AvgIpc) is 3.18. The molecule has 0 saturated carbocycles. The van der Waals surface area contributed by atoms with Crippen LogP contribution < -0.4 is 30.6 Å². The van der Waals surface area contributed by atoms with Gasteiger partial charge in [0.1, 0.15) is 0 Å². The molecule has 0 amide bonds. The summed E-state index contributed by atoms with van der Waals surface area (Å²) >= 11 is 0. The molecule has 0 bridgehead atoms. The number of carboxylic acid groups (broad SMARTS) is 6. The first-order valence-electron chi connectivity index (χ1n) is 15.7. The molecule has 14 heteroatoms. The van der Waals surface area contributed by atoms with Crippen molar-refractivity contribution in [3.8, 4) is 33.4 Å². The van der Waals surface area contributed by atoms with Crippen LogP contribution in [0.3, 0.4) is 0 Å². The second kappa shape index (κ2) is 21.2. The van der Waals surface area contributed by atoms with E-state index in [2.05, 4.69) is 0 Å². The standard InChI is InChI=1S/3C14H10O4.2Al/c3*15-13(16)11-8-4-7-10(12(11)14(17)18)9-5-2-1-3-6-9;;/h3*1-8H,(H,15,16)(H,17,18);;/q;;;2*+3/p-6. The maximum atomic E-state index is 11.1. The van der Waals surface area contributed by atoms with Crippen LogP contribution in [0.5, 0.6) is 0 Å². The van der Waals surface area contributed by atoms with Crippen molar-refractivity contribution in [2.75, 3.05) is 0 Å². The average molecular weight is 775 g/mol. The fourth-order valence-electron chi connectivity index (χ4n) is 5.40. The molecule has 56 heavy (non-hydrogen) atoms. The minimum atomic E-state index is -1.54. The van der Waals surface area contributed by atoms with Crippen molar-refractivity contribution in [1.82, 2.24) is 0 Å². The molecule has 0 aliphatic rings. The molecule has 0 heterocycles. The third kappa shape index (κ3) is 11.1. The molecular formula is C42H24Al2O12. The summed E-state index contributed by atoms with van der Waals surface area (Å²) in [7, 11) is 0. The molecule has 0 atom stereocenters. The fourth-order valence-corrected chi connectivity index (χ4v) is 5.40. The molecule has 270 valence electrons. The van der Waals surface area contributed by atoms with E-state index in [1.165, 1.54) is 54.6 Å². The topological polar surface area (TPSA) is 241 Å². The number of carbonyl (C=O) groups is 6. The largest absolute Gasteiger partial charge is 3.00 e. The van der Waals surface area contributed by atoms with Crippen LogP contribution in [0.1, 0.15) is 62.1 Å². The monoisotopic (exact) mass is 774 g/mol. The Kier molecular flexibility index (Phi) is 17.2. The second-order valence-electron chi connectivity index (χ2n) is 11.0. The van der Waals surface area contributed by atoms with E-state index in [9.17, 15) is 59.4 Å². The first-order valence-corrected chi connectivity index (χ1v) is 15.7. The molecule has 6 rings (SSSR count). The zero-order valence-corrected chi connectivity index (χ0v) is 31.2. The molecule has 0 fully saturated rings. The normalized spacial score (nSPS) is 9.64. The van der Waals surface area contributed by atoms with Gasteiger partial charge in [0, 0.05) is 33.4 Å². The van der Waals surface area contributed by atoms with E-state index >= 15 is 0 Å². The van der Waals surface area contributed by atoms with Gasteiger partial charge in [0.2, 0.25) is 0 Å². The van der Waals surface area contributed by atoms with Crippen LogP contribution in [-0.4, -0.2) is 70.5 Å². The van der Waals surface area contributed by atoms with Crippen molar-refractivity contribution >= 4 is 70.5 Å². The van der Waals surface area contributed by atoms with E-state index in [1.807, 2.05) is 0 Å². The van der Waals surface area contributed by atoms with Gasteiger partial charge in [0.05, 0.1) is 35.8 Å². The number of aromatic carboxylic acids is 6. The van der Waals surface area contributed by atoms with Gasteiger partial charge in [-0.05, 0) is 33.4 Å². The minimum Gasteiger partial charge on any atom is -0.545 e. The van der Waals surface area contributed by atoms with Crippen molar-refractivity contribution in [1.29, 1.82) is 0 Å². The van der Waals surface area contributed by atoms with E-state index in [1.54, 1.807) is 91.0 Å². The summed E-state index contributed by atoms with van der Waals surface area (Å²) in [6.07, 6.45) is 0. The van der Waals surface area contributed by atoms with Crippen molar-refractivity contribution in [2.45, 2.75) is 0 Å². The summed E-state index contributed by atoms with van der Waals surface area (Å²) in [5, 5.41) is 66.1. The summed E-state index contributed by atoms with van der Waals surface area (Å²) in [6.45, 7) is 0. The van der Waals surface area contributed by atoms with Gasteiger partial charge >= 0.3 is 34.7 Å². The van der Waals surface area contributed by atoms with Crippen molar-refractivity contribution < 1.29 is 59.4 Å². The van der Waals surface area contributed by atoms with E-state index in [4.69, 9.17) is 0 Å². The van der Waals surface area contributed by atoms with E-state index in [0.717, 1.165) is 0 Å². The maximum Gasteiger partial charge on any atom is 3.00 e. The van der Waals surface area contributed by atoms with E-state index in [-0.39, 0.29) is 68.1 Å². The molecule has 0 N–H and O–H groups in total. The molecule has 0 aliphatic heterocycles. The van der Waals surface area contributed by atoms with Crippen LogP contribution in [0, 0.1) is 0 Å². The summed E-state index contributed by atoms with van der Waals surface area (Å²) < 4.78 is 0. The van der Waals surface area contributed by atoms with Gasteiger partial charge in [-0.3, -0.25) is 0 Å². The summed E-state index contributed by atoms with van der Waals surface area (Å²) in [6, 6.07) is 38.5. The molecule has 0 unspecified atom stereocenters. The second-order valence-corrected chi connectivity index (χ2v) is 11.0. The molecule has 0 spiro atoms. The Bertz CT molecular complexity index is 2080. The first kappa shape index (κ1) is 45.4. The Hall–Kier alpha value is -6.80. The van der Waals surface area contributed by atoms with Crippen LogP contribution in [0.15, 0.2) is 146 Å². The number of carboxylic acids is 6. The predicted molar refractivity (Wildman–Crippen MR) is 193 cm³/mol. The molecule has 0 aliphatic carbocycles. The van der Waals surface area contributed by atoms with Gasteiger partial charge < -0.3 is 59.4 Å². The number of rotatable bonds is 9. The van der Waals surface area contributed by atoms with Gasteiger partial charge in [-0.25, -0.2) is 0 Å². The Labute approximate surface area is 340 Å². The summed E-state index contributed by atoms with van der Waals surface area (Å²) in [4.78, 5) is 66.1. The van der Waals surface area contributed by atoms with E-state index in [0.29, 0.717) is 33.4 Å². The fraction of sp³-hybridized carbons (Fsp3) is 0. The summed E-state index contributed by atoms with van der Waals surface area (Å²) in [5.41, 5.74) is 0.534. The molecule has 0 radical (unpaired) electrons. The van der Waals surface area contributed by atoms with Crippen LogP contribution in [0.4, 0.5) is 0 Å². The first-order chi connectivity index (χ1) is 25.8. The van der Waals surface area contributed by atoms with E-state index < -0.39 is 35.8 Å². The number of benzene rings is 6. The summed E-state index contributed by atoms with van der Waals surface area (Å²) in [5.74, 6) is -9.21. The van der Waals surface area contributed by atoms with Gasteiger partial charge in [-0.1, -0.05) is 146 Å². The van der Waals surface area contributed by atoms with Crippen LogP contribution in [-0.2, 0) is 0 Å². The van der Waals surface area contributed by atoms with Crippen LogP contribution >= 0.6 is 0 Å². The predicted octanol–water partition coefficient (Wildman–Crippen LogP) is -0.520. The van der Waals surface area contributed by atoms with Gasteiger partial charge in [0.25, 0.3) is 0 Å². The molecule has 12 nitrogen and oxygen atoms in total. The molecule has 6 aromatic carbocycles. The van der Waals surface area contributed by atoms with Crippen molar-refractivity contribution in [3.05, 3.63) is 179 Å². The Morgan fingerprint density at radius 1 is 0.268 bits per heavy atom. The third-order valence-corrected chi connectivity index (χ3v) is 7.72. The van der Waals surface area contributed by atoms with Crippen LogP contribution in [0.25, 0.3) is 33.4 Å². The quantitative estimate of drug-likeness (QED) is 0.169. The SMILES string of the molecule is O=C([O-])c1cccc(-c2ccccc2)c1C(=O)[O-].O=C([O-])c1cccc(-c2ccccc2)c1C(=O)[O-].O=C([O-])c1cccc(-c2ccccc2)c1C(=O)[O-].[Al+3].[Al+3]. The van der Waals surface area contributed by atoms with Gasteiger partial charge in [-0.2, -0.15) is 0 Å². The smallest absolute Gasteiger partial charge is 0.545 e. The third-order valence-electron chi connectivity index (χ3n) is 7.72. The molecular weight excluding hydrogens is 750 g/mol. The Morgan fingerprint density at radius 3 is 0.661 bits per heavy atom. The van der Waals surface area contributed by atoms with Crippen molar-refractivity contribution in [3.63, 3.8) is 0 Å². The molecule has 6 aromatic rings. The molecule has 0 aromatic heterocycles.